The Bertz CT molecular complexity index is 931. The van der Waals surface area contributed by atoms with Gasteiger partial charge in [0.15, 0.2) is 0 Å². The van der Waals surface area contributed by atoms with Gasteiger partial charge in [0.2, 0.25) is 0 Å². The lowest BCUT2D eigenvalue weighted by Gasteiger charge is -2.39. The van der Waals surface area contributed by atoms with Crippen LogP contribution >= 0.6 is 0 Å². The SMILES string of the molecule is Cc1oc(C)c(C(=O)N2CCN(C(c3ccccc3)c3ccccc3)CC2)c1C. The van der Waals surface area contributed by atoms with Gasteiger partial charge < -0.3 is 9.32 Å². The summed E-state index contributed by atoms with van der Waals surface area (Å²) in [6.07, 6.45) is 0. The second-order valence-corrected chi connectivity index (χ2v) is 7.77. The smallest absolute Gasteiger partial charge is 0.257 e. The van der Waals surface area contributed by atoms with Gasteiger partial charge in [-0.2, -0.15) is 0 Å². The van der Waals surface area contributed by atoms with Crippen LogP contribution in [-0.4, -0.2) is 41.9 Å². The van der Waals surface area contributed by atoms with Crippen molar-refractivity contribution in [2.45, 2.75) is 26.8 Å². The lowest BCUT2D eigenvalue weighted by atomic mass is 9.96. The molecule has 0 N–H and O–H groups in total. The van der Waals surface area contributed by atoms with Crippen LogP contribution in [0.5, 0.6) is 0 Å². The average molecular weight is 389 g/mol. The summed E-state index contributed by atoms with van der Waals surface area (Å²) in [6, 6.07) is 21.5. The highest BCUT2D eigenvalue weighted by Gasteiger charge is 2.30. The maximum Gasteiger partial charge on any atom is 0.257 e. The number of carbonyl (C=O) groups excluding carboxylic acids is 1. The van der Waals surface area contributed by atoms with Gasteiger partial charge in [-0.1, -0.05) is 60.7 Å². The van der Waals surface area contributed by atoms with E-state index in [1.54, 1.807) is 0 Å². The summed E-state index contributed by atoms with van der Waals surface area (Å²) in [5, 5.41) is 0. The van der Waals surface area contributed by atoms with Gasteiger partial charge in [0.1, 0.15) is 11.5 Å². The standard InChI is InChI=1S/C25H28N2O2/c1-18-19(2)29-20(3)23(18)25(28)27-16-14-26(15-17-27)24(21-10-6-4-7-11-21)22-12-8-5-9-13-22/h4-13,24H,14-17H2,1-3H3. The van der Waals surface area contributed by atoms with Gasteiger partial charge in [-0.3, -0.25) is 9.69 Å². The van der Waals surface area contributed by atoms with Gasteiger partial charge >= 0.3 is 0 Å². The Morgan fingerprint density at radius 3 is 1.76 bits per heavy atom. The molecule has 1 aliphatic heterocycles. The first-order valence-electron chi connectivity index (χ1n) is 10.3. The van der Waals surface area contributed by atoms with Crippen molar-refractivity contribution in [3.05, 3.63) is 94.4 Å². The number of hydrogen-bond acceptors (Lipinski definition) is 3. The fourth-order valence-electron chi connectivity index (χ4n) is 4.33. The van der Waals surface area contributed by atoms with Gasteiger partial charge in [0, 0.05) is 31.7 Å². The molecule has 0 unspecified atom stereocenters. The zero-order chi connectivity index (χ0) is 20.4. The van der Waals surface area contributed by atoms with Crippen molar-refractivity contribution in [2.24, 2.45) is 0 Å². The number of amides is 1. The van der Waals surface area contributed by atoms with E-state index in [0.717, 1.165) is 48.8 Å². The van der Waals surface area contributed by atoms with Crippen molar-refractivity contribution in [3.8, 4) is 0 Å². The second-order valence-electron chi connectivity index (χ2n) is 7.77. The molecule has 0 bridgehead atoms. The minimum Gasteiger partial charge on any atom is -0.466 e. The zero-order valence-corrected chi connectivity index (χ0v) is 17.4. The summed E-state index contributed by atoms with van der Waals surface area (Å²) in [5.74, 6) is 1.64. The largest absolute Gasteiger partial charge is 0.466 e. The quantitative estimate of drug-likeness (QED) is 0.647. The van der Waals surface area contributed by atoms with Crippen LogP contribution < -0.4 is 0 Å². The van der Waals surface area contributed by atoms with E-state index in [1.165, 1.54) is 11.1 Å². The number of aryl methyl sites for hydroxylation is 2. The molecule has 2 aromatic carbocycles. The Morgan fingerprint density at radius 2 is 1.31 bits per heavy atom. The summed E-state index contributed by atoms with van der Waals surface area (Å²) >= 11 is 0. The highest BCUT2D eigenvalue weighted by atomic mass is 16.3. The molecule has 1 saturated heterocycles. The second kappa shape index (κ2) is 8.26. The van der Waals surface area contributed by atoms with E-state index < -0.39 is 0 Å². The highest BCUT2D eigenvalue weighted by molar-refractivity contribution is 5.97. The van der Waals surface area contributed by atoms with Gasteiger partial charge in [-0.05, 0) is 31.9 Å². The lowest BCUT2D eigenvalue weighted by Crippen LogP contribution is -2.50. The molecular formula is C25H28N2O2. The van der Waals surface area contributed by atoms with E-state index in [0.29, 0.717) is 0 Å². The van der Waals surface area contributed by atoms with Crippen molar-refractivity contribution in [1.29, 1.82) is 0 Å². The predicted molar refractivity (Wildman–Crippen MR) is 115 cm³/mol. The molecule has 29 heavy (non-hydrogen) atoms. The summed E-state index contributed by atoms with van der Waals surface area (Å²) in [5.41, 5.74) is 4.27. The molecule has 1 fully saturated rings. The molecule has 0 spiro atoms. The summed E-state index contributed by atoms with van der Waals surface area (Å²) in [7, 11) is 0. The molecule has 4 heteroatoms. The van der Waals surface area contributed by atoms with Gasteiger partial charge in [-0.15, -0.1) is 0 Å². The molecule has 0 aliphatic carbocycles. The van der Waals surface area contributed by atoms with Crippen LogP contribution in [0.2, 0.25) is 0 Å². The Morgan fingerprint density at radius 1 is 0.793 bits per heavy atom. The van der Waals surface area contributed by atoms with E-state index >= 15 is 0 Å². The fraction of sp³-hybridized carbons (Fsp3) is 0.320. The van der Waals surface area contributed by atoms with Crippen LogP contribution in [0.15, 0.2) is 65.1 Å². The Labute approximate surface area is 172 Å². The lowest BCUT2D eigenvalue weighted by molar-refractivity contribution is 0.0595. The monoisotopic (exact) mass is 388 g/mol. The molecule has 4 rings (SSSR count). The van der Waals surface area contributed by atoms with E-state index in [9.17, 15) is 4.79 Å². The van der Waals surface area contributed by atoms with E-state index in [2.05, 4.69) is 65.6 Å². The van der Waals surface area contributed by atoms with Crippen molar-refractivity contribution in [3.63, 3.8) is 0 Å². The normalized spacial score (nSPS) is 15.1. The highest BCUT2D eigenvalue weighted by Crippen LogP contribution is 2.30. The third-order valence-electron chi connectivity index (χ3n) is 5.97. The van der Waals surface area contributed by atoms with Crippen LogP contribution in [-0.2, 0) is 0 Å². The minimum absolute atomic E-state index is 0.0903. The number of piperazine rings is 1. The Hall–Kier alpha value is -2.85. The molecule has 1 amide bonds. The van der Waals surface area contributed by atoms with Crippen LogP contribution in [0.1, 0.15) is 44.6 Å². The zero-order valence-electron chi connectivity index (χ0n) is 17.4. The number of benzene rings is 2. The third kappa shape index (κ3) is 3.85. The first-order chi connectivity index (χ1) is 14.1. The summed E-state index contributed by atoms with van der Waals surface area (Å²) in [4.78, 5) is 17.6. The fourth-order valence-corrected chi connectivity index (χ4v) is 4.33. The van der Waals surface area contributed by atoms with Crippen molar-refractivity contribution in [1.82, 2.24) is 9.80 Å². The van der Waals surface area contributed by atoms with E-state index in [1.807, 2.05) is 25.7 Å². The molecule has 0 atom stereocenters. The van der Waals surface area contributed by atoms with Gasteiger partial charge in [-0.25, -0.2) is 0 Å². The average Bonchev–Trinajstić information content (AvgIpc) is 3.01. The first-order valence-corrected chi connectivity index (χ1v) is 10.3. The number of nitrogens with zero attached hydrogens (tertiary/aromatic N) is 2. The van der Waals surface area contributed by atoms with Crippen molar-refractivity contribution >= 4 is 5.91 Å². The number of rotatable bonds is 4. The summed E-state index contributed by atoms with van der Waals surface area (Å²) in [6.45, 7) is 8.89. The maximum absolute atomic E-state index is 13.1. The number of furan rings is 1. The molecule has 3 aromatic rings. The van der Waals surface area contributed by atoms with Crippen LogP contribution in [0, 0.1) is 20.8 Å². The molecule has 2 heterocycles. The Kier molecular flexibility index (Phi) is 5.54. The molecule has 4 nitrogen and oxygen atoms in total. The van der Waals surface area contributed by atoms with Crippen LogP contribution in [0.4, 0.5) is 0 Å². The molecule has 150 valence electrons. The molecule has 1 aliphatic rings. The van der Waals surface area contributed by atoms with Gasteiger partial charge in [0.25, 0.3) is 5.91 Å². The van der Waals surface area contributed by atoms with Gasteiger partial charge in [0.05, 0.1) is 11.6 Å². The van der Waals surface area contributed by atoms with Crippen LogP contribution in [0.25, 0.3) is 0 Å². The molecule has 0 radical (unpaired) electrons. The molecule has 0 saturated carbocycles. The summed E-state index contributed by atoms with van der Waals surface area (Å²) < 4.78 is 5.67. The molecular weight excluding hydrogens is 360 g/mol. The topological polar surface area (TPSA) is 36.7 Å². The molecule has 1 aromatic heterocycles. The third-order valence-corrected chi connectivity index (χ3v) is 5.97. The minimum atomic E-state index is 0.0903. The van der Waals surface area contributed by atoms with Crippen molar-refractivity contribution in [2.75, 3.05) is 26.2 Å². The first kappa shape index (κ1) is 19.5. The number of hydrogen-bond donors (Lipinski definition) is 0. The van der Waals surface area contributed by atoms with E-state index in [-0.39, 0.29) is 11.9 Å². The maximum atomic E-state index is 13.1. The van der Waals surface area contributed by atoms with Crippen LogP contribution in [0.3, 0.4) is 0 Å². The van der Waals surface area contributed by atoms with E-state index in [4.69, 9.17) is 4.42 Å². The predicted octanol–water partition coefficient (Wildman–Crippen LogP) is 4.75. The van der Waals surface area contributed by atoms with Crippen molar-refractivity contribution < 1.29 is 9.21 Å². The Balaban J connectivity index is 1.53. The number of carbonyl (C=O) groups is 1.